The molecule has 0 unspecified atom stereocenters. The van der Waals surface area contributed by atoms with Gasteiger partial charge in [0.2, 0.25) is 5.91 Å². The van der Waals surface area contributed by atoms with Crippen LogP contribution in [0.15, 0.2) is 83.1 Å². The third-order valence-corrected chi connectivity index (χ3v) is 5.78. The Morgan fingerprint density at radius 3 is 2.72 bits per heavy atom. The second-order valence-electron chi connectivity index (χ2n) is 8.14. The largest absolute Gasteiger partial charge is 0.489 e. The molecule has 4 N–H and O–H groups in total. The summed E-state index contributed by atoms with van der Waals surface area (Å²) in [5.74, 6) is -0.539. The molecule has 1 fully saturated rings. The van der Waals surface area contributed by atoms with Gasteiger partial charge in [-0.15, -0.1) is 0 Å². The maximum absolute atomic E-state index is 13.5. The number of nitrogens with two attached hydrogens (primary N) is 1. The van der Waals surface area contributed by atoms with Crippen molar-refractivity contribution in [2.45, 2.75) is 19.3 Å². The van der Waals surface area contributed by atoms with E-state index < -0.39 is 12.5 Å². The molecule has 1 aliphatic heterocycles. The van der Waals surface area contributed by atoms with Crippen molar-refractivity contribution in [3.63, 3.8) is 0 Å². The molecule has 0 aromatic heterocycles. The lowest BCUT2D eigenvalue weighted by Gasteiger charge is -2.24. The molecule has 1 aromatic rings. The molecule has 1 saturated heterocycles. The van der Waals surface area contributed by atoms with E-state index >= 15 is 0 Å². The smallest absolute Gasteiger partial charge is 0.248 e. The van der Waals surface area contributed by atoms with Crippen molar-refractivity contribution in [2.75, 3.05) is 38.2 Å². The van der Waals surface area contributed by atoms with Crippen LogP contribution in [0.3, 0.4) is 0 Å². The first-order valence-electron chi connectivity index (χ1n) is 11.6. The number of nitrogens with one attached hydrogen (secondary N) is 2. The predicted molar refractivity (Wildman–Crippen MR) is 140 cm³/mol. The third kappa shape index (κ3) is 7.79. The molecule has 1 heterocycles. The second-order valence-corrected chi connectivity index (χ2v) is 8.54. The maximum Gasteiger partial charge on any atom is 0.248 e. The SMILES string of the molecule is C=C/N=C1/C=C(OCCF)C(NC(=O)/C=C/CN2CCCCC2)=C/C1=C(/N)Nc1ccc(F)c(Cl)c1. The highest BCUT2D eigenvalue weighted by atomic mass is 35.5. The number of piperidine rings is 1. The van der Waals surface area contributed by atoms with E-state index in [9.17, 15) is 13.6 Å². The lowest BCUT2D eigenvalue weighted by molar-refractivity contribution is -0.115. The van der Waals surface area contributed by atoms with Crippen LogP contribution in [0.5, 0.6) is 0 Å². The zero-order valence-corrected chi connectivity index (χ0v) is 20.7. The van der Waals surface area contributed by atoms with Crippen LogP contribution in [0.1, 0.15) is 19.3 Å². The summed E-state index contributed by atoms with van der Waals surface area (Å²) in [7, 11) is 0. The monoisotopic (exact) mass is 517 g/mol. The van der Waals surface area contributed by atoms with Crippen molar-refractivity contribution in [3.05, 3.63) is 89.0 Å². The van der Waals surface area contributed by atoms with Gasteiger partial charge in [0.25, 0.3) is 0 Å². The molecule has 192 valence electrons. The van der Waals surface area contributed by atoms with E-state index in [2.05, 4.69) is 27.1 Å². The Hall–Kier alpha value is -3.43. The summed E-state index contributed by atoms with van der Waals surface area (Å²) in [5, 5.41) is 5.66. The Kier molecular flexibility index (Phi) is 10.3. The average Bonchev–Trinajstić information content (AvgIpc) is 2.86. The first-order valence-corrected chi connectivity index (χ1v) is 12.0. The van der Waals surface area contributed by atoms with Crippen LogP contribution in [0, 0.1) is 5.82 Å². The highest BCUT2D eigenvalue weighted by Gasteiger charge is 2.21. The summed E-state index contributed by atoms with van der Waals surface area (Å²) in [4.78, 5) is 19.2. The molecule has 3 rings (SSSR count). The fraction of sp³-hybridized carbons (Fsp3) is 0.308. The van der Waals surface area contributed by atoms with E-state index in [1.807, 2.05) is 6.08 Å². The number of rotatable bonds is 10. The minimum Gasteiger partial charge on any atom is -0.489 e. The third-order valence-electron chi connectivity index (χ3n) is 5.49. The van der Waals surface area contributed by atoms with Crippen molar-refractivity contribution in [3.8, 4) is 0 Å². The number of hydrogen-bond acceptors (Lipinski definition) is 6. The summed E-state index contributed by atoms with van der Waals surface area (Å²) in [5.41, 5.74) is 7.82. The van der Waals surface area contributed by atoms with Crippen LogP contribution in [-0.2, 0) is 9.53 Å². The molecule has 1 amide bonds. The van der Waals surface area contributed by atoms with Gasteiger partial charge in [-0.2, -0.15) is 0 Å². The van der Waals surface area contributed by atoms with Gasteiger partial charge in [-0.1, -0.05) is 30.7 Å². The normalized spacial score (nSPS) is 19.0. The van der Waals surface area contributed by atoms with E-state index in [-0.39, 0.29) is 34.8 Å². The van der Waals surface area contributed by atoms with Crippen LogP contribution < -0.4 is 16.4 Å². The van der Waals surface area contributed by atoms with Gasteiger partial charge in [-0.25, -0.2) is 8.78 Å². The predicted octanol–water partition coefficient (Wildman–Crippen LogP) is 4.57. The number of alkyl halides is 1. The van der Waals surface area contributed by atoms with Crippen LogP contribution in [0.2, 0.25) is 5.02 Å². The highest BCUT2D eigenvalue weighted by Crippen LogP contribution is 2.25. The number of aliphatic imine (C=N–C) groups is 1. The average molecular weight is 518 g/mol. The zero-order valence-electron chi connectivity index (χ0n) is 19.9. The topological polar surface area (TPSA) is 92.0 Å². The first-order chi connectivity index (χ1) is 17.4. The zero-order chi connectivity index (χ0) is 25.9. The van der Waals surface area contributed by atoms with Crippen molar-refractivity contribution in [2.24, 2.45) is 10.7 Å². The van der Waals surface area contributed by atoms with E-state index in [1.165, 1.54) is 43.0 Å². The molecule has 0 saturated carbocycles. The number of hydrogen-bond donors (Lipinski definition) is 3. The quantitative estimate of drug-likeness (QED) is 0.395. The summed E-state index contributed by atoms with van der Waals surface area (Å²) >= 11 is 5.87. The fourth-order valence-corrected chi connectivity index (χ4v) is 3.96. The van der Waals surface area contributed by atoms with E-state index in [0.717, 1.165) is 25.9 Å². The van der Waals surface area contributed by atoms with E-state index in [0.29, 0.717) is 23.5 Å². The molecule has 0 bridgehead atoms. The van der Waals surface area contributed by atoms with Gasteiger partial charge in [0.05, 0.1) is 16.4 Å². The Balaban J connectivity index is 1.84. The van der Waals surface area contributed by atoms with Gasteiger partial charge < -0.3 is 21.1 Å². The number of nitrogens with zero attached hydrogens (tertiary/aromatic N) is 2. The minimum absolute atomic E-state index is 0.0666. The van der Waals surface area contributed by atoms with Gasteiger partial charge in [0, 0.05) is 36.2 Å². The van der Waals surface area contributed by atoms with Crippen molar-refractivity contribution in [1.82, 2.24) is 10.2 Å². The van der Waals surface area contributed by atoms with Crippen molar-refractivity contribution in [1.29, 1.82) is 0 Å². The Morgan fingerprint density at radius 2 is 2.03 bits per heavy atom. The van der Waals surface area contributed by atoms with Gasteiger partial charge >= 0.3 is 0 Å². The molecular weight excluding hydrogens is 488 g/mol. The van der Waals surface area contributed by atoms with Crippen LogP contribution >= 0.6 is 11.6 Å². The number of likely N-dealkylation sites (tertiary alicyclic amines) is 1. The number of anilines is 1. The van der Waals surface area contributed by atoms with Crippen LogP contribution in [-0.4, -0.2) is 49.4 Å². The molecule has 2 aliphatic rings. The molecule has 36 heavy (non-hydrogen) atoms. The van der Waals surface area contributed by atoms with Gasteiger partial charge in [-0.05, 0) is 50.2 Å². The van der Waals surface area contributed by atoms with Gasteiger partial charge in [0.1, 0.15) is 30.7 Å². The molecule has 1 aliphatic carbocycles. The highest BCUT2D eigenvalue weighted by molar-refractivity contribution is 6.31. The molecular formula is C26H30ClF2N5O2. The summed E-state index contributed by atoms with van der Waals surface area (Å²) in [6.45, 7) is 5.43. The minimum atomic E-state index is -0.708. The van der Waals surface area contributed by atoms with Crippen molar-refractivity contribution >= 4 is 28.9 Å². The fourth-order valence-electron chi connectivity index (χ4n) is 3.78. The molecule has 0 atom stereocenters. The Morgan fingerprint density at radius 1 is 1.25 bits per heavy atom. The Labute approximate surface area is 214 Å². The maximum atomic E-state index is 13.5. The molecule has 1 aromatic carbocycles. The summed E-state index contributed by atoms with van der Waals surface area (Å²) in [6.07, 6.45) is 11.3. The molecule has 0 radical (unpaired) electrons. The number of halogens is 3. The Bertz CT molecular complexity index is 1120. The molecule has 10 heteroatoms. The number of benzene rings is 1. The number of allylic oxidation sites excluding steroid dienone is 3. The van der Waals surface area contributed by atoms with Gasteiger partial charge in [-0.3, -0.25) is 14.7 Å². The lowest BCUT2D eigenvalue weighted by atomic mass is 10.0. The summed E-state index contributed by atoms with van der Waals surface area (Å²) < 4.78 is 31.9. The van der Waals surface area contributed by atoms with E-state index in [1.54, 1.807) is 6.08 Å². The standard InChI is InChI=1S/C26H30ClF2N5O2/c1-2-31-22-17-24(36-14-10-28)23(33-25(35)7-6-13-34-11-4-3-5-12-34)16-19(22)26(30)32-18-8-9-21(29)20(27)15-18/h2,6-9,15-17,32H,1,3-5,10-14,30H2,(H,33,35)/b7-6+,26-19+,31-22-. The molecule has 7 nitrogen and oxygen atoms in total. The lowest BCUT2D eigenvalue weighted by Crippen LogP contribution is -2.30. The van der Waals surface area contributed by atoms with Crippen LogP contribution in [0.25, 0.3) is 0 Å². The first kappa shape index (κ1) is 27.2. The van der Waals surface area contributed by atoms with Crippen LogP contribution in [0.4, 0.5) is 14.5 Å². The van der Waals surface area contributed by atoms with E-state index in [4.69, 9.17) is 22.1 Å². The number of amides is 1. The molecule has 0 spiro atoms. The number of carbonyl (C=O) groups excluding carboxylic acids is 1. The second kappa shape index (κ2) is 13.6. The van der Waals surface area contributed by atoms with Crippen molar-refractivity contribution < 1.29 is 18.3 Å². The van der Waals surface area contributed by atoms with Gasteiger partial charge in [0.15, 0.2) is 0 Å². The summed E-state index contributed by atoms with van der Waals surface area (Å²) in [6, 6.07) is 4.08. The number of carbonyl (C=O) groups is 1. The number of ether oxygens (including phenoxy) is 1.